The van der Waals surface area contributed by atoms with Crippen molar-refractivity contribution in [3.05, 3.63) is 24.2 Å². The Hall–Kier alpha value is -2.02. The number of guanidine groups is 1. The summed E-state index contributed by atoms with van der Waals surface area (Å²) in [7, 11) is 5.45. The predicted molar refractivity (Wildman–Crippen MR) is 113 cm³/mol. The third kappa shape index (κ3) is 5.28. The average molecular weight is 392 g/mol. The summed E-state index contributed by atoms with van der Waals surface area (Å²) >= 11 is 0. The van der Waals surface area contributed by atoms with E-state index in [1.165, 1.54) is 0 Å². The van der Waals surface area contributed by atoms with E-state index >= 15 is 0 Å². The Kier molecular flexibility index (Phi) is 8.35. The number of hydrogen-bond donors (Lipinski definition) is 2. The third-order valence-corrected chi connectivity index (χ3v) is 5.83. The van der Waals surface area contributed by atoms with E-state index in [4.69, 9.17) is 4.42 Å². The first-order valence-corrected chi connectivity index (χ1v) is 10.4. The van der Waals surface area contributed by atoms with Gasteiger partial charge in [-0.25, -0.2) is 0 Å². The first kappa shape index (κ1) is 22.3. The first-order valence-electron chi connectivity index (χ1n) is 10.4. The molecular formula is C21H37N5O2. The molecule has 1 saturated carbocycles. The van der Waals surface area contributed by atoms with Crippen molar-refractivity contribution in [3.8, 4) is 0 Å². The summed E-state index contributed by atoms with van der Waals surface area (Å²) in [5.41, 5.74) is -0.319. The van der Waals surface area contributed by atoms with Gasteiger partial charge in [-0.3, -0.25) is 14.7 Å². The van der Waals surface area contributed by atoms with Crippen LogP contribution in [0, 0.1) is 5.41 Å². The van der Waals surface area contributed by atoms with E-state index in [0.717, 1.165) is 50.5 Å². The predicted octanol–water partition coefficient (Wildman–Crippen LogP) is 2.48. The van der Waals surface area contributed by atoms with Gasteiger partial charge in [0.25, 0.3) is 0 Å². The maximum atomic E-state index is 12.8. The Labute approximate surface area is 169 Å². The summed E-state index contributed by atoms with van der Waals surface area (Å²) in [4.78, 5) is 21.2. The van der Waals surface area contributed by atoms with Crippen LogP contribution in [-0.2, 0) is 4.79 Å². The monoisotopic (exact) mass is 391 g/mol. The van der Waals surface area contributed by atoms with E-state index in [2.05, 4.69) is 34.4 Å². The van der Waals surface area contributed by atoms with E-state index in [0.29, 0.717) is 13.1 Å². The molecule has 2 N–H and O–H groups in total. The van der Waals surface area contributed by atoms with Gasteiger partial charge in [0.2, 0.25) is 5.91 Å². The zero-order valence-corrected chi connectivity index (χ0v) is 18.1. The van der Waals surface area contributed by atoms with Crippen molar-refractivity contribution in [3.63, 3.8) is 0 Å². The molecule has 1 atom stereocenters. The molecule has 1 aliphatic carbocycles. The van der Waals surface area contributed by atoms with Crippen molar-refractivity contribution in [1.29, 1.82) is 0 Å². The molecule has 7 nitrogen and oxygen atoms in total. The molecule has 1 aliphatic rings. The van der Waals surface area contributed by atoms with E-state index < -0.39 is 0 Å². The number of aliphatic imine (C=N–C) groups is 1. The van der Waals surface area contributed by atoms with Crippen molar-refractivity contribution in [2.24, 2.45) is 10.4 Å². The quantitative estimate of drug-likeness (QED) is 0.500. The van der Waals surface area contributed by atoms with Crippen LogP contribution in [0.2, 0.25) is 0 Å². The molecule has 1 heterocycles. The van der Waals surface area contributed by atoms with E-state index in [9.17, 15) is 4.79 Å². The molecular weight excluding hydrogens is 354 g/mol. The molecule has 0 bridgehead atoms. The molecule has 1 aromatic rings. The number of carbonyl (C=O) groups excluding carboxylic acids is 1. The molecule has 1 amide bonds. The van der Waals surface area contributed by atoms with Crippen LogP contribution in [0.1, 0.15) is 51.3 Å². The van der Waals surface area contributed by atoms with Gasteiger partial charge in [-0.2, -0.15) is 0 Å². The second-order valence-corrected chi connectivity index (χ2v) is 7.75. The maximum absolute atomic E-state index is 12.8. The largest absolute Gasteiger partial charge is 0.468 e. The van der Waals surface area contributed by atoms with Gasteiger partial charge in [0.15, 0.2) is 5.96 Å². The summed E-state index contributed by atoms with van der Waals surface area (Å²) in [6, 6.07) is 4.08. The number of amides is 1. The lowest BCUT2D eigenvalue weighted by Gasteiger charge is -2.32. The minimum atomic E-state index is -0.319. The highest BCUT2D eigenvalue weighted by Gasteiger charge is 2.42. The van der Waals surface area contributed by atoms with E-state index in [-0.39, 0.29) is 17.4 Å². The van der Waals surface area contributed by atoms with Gasteiger partial charge in [-0.05, 0) is 38.1 Å². The lowest BCUT2D eigenvalue weighted by molar-refractivity contribution is -0.138. The van der Waals surface area contributed by atoms with Crippen LogP contribution in [0.15, 0.2) is 27.8 Å². The maximum Gasteiger partial charge on any atom is 0.230 e. The normalized spacial score (nSPS) is 17.6. The van der Waals surface area contributed by atoms with Crippen molar-refractivity contribution in [2.75, 3.05) is 47.3 Å². The van der Waals surface area contributed by atoms with Crippen LogP contribution in [0.5, 0.6) is 0 Å². The van der Waals surface area contributed by atoms with Crippen LogP contribution in [0.3, 0.4) is 0 Å². The zero-order chi connectivity index (χ0) is 20.6. The highest BCUT2D eigenvalue weighted by molar-refractivity contribution is 5.85. The van der Waals surface area contributed by atoms with Gasteiger partial charge in [-0.15, -0.1) is 0 Å². The molecule has 1 unspecified atom stereocenters. The van der Waals surface area contributed by atoms with Gasteiger partial charge in [0.05, 0.1) is 17.7 Å². The van der Waals surface area contributed by atoms with Crippen LogP contribution < -0.4 is 10.6 Å². The average Bonchev–Trinajstić information content (AvgIpc) is 3.39. The number of furan rings is 1. The van der Waals surface area contributed by atoms with Crippen LogP contribution in [-0.4, -0.2) is 69.0 Å². The minimum Gasteiger partial charge on any atom is -0.468 e. The molecule has 0 aliphatic heterocycles. The second kappa shape index (κ2) is 10.5. The fourth-order valence-electron chi connectivity index (χ4n) is 4.21. The summed E-state index contributed by atoms with van der Waals surface area (Å²) in [5, 5.41) is 6.83. The van der Waals surface area contributed by atoms with Gasteiger partial charge in [0, 0.05) is 34.2 Å². The molecule has 0 spiro atoms. The number of carbonyl (C=O) groups is 1. The molecule has 0 saturated heterocycles. The number of nitrogens with one attached hydrogen (secondary N) is 2. The molecule has 28 heavy (non-hydrogen) atoms. The topological polar surface area (TPSA) is 73.1 Å². The highest BCUT2D eigenvalue weighted by atomic mass is 16.3. The van der Waals surface area contributed by atoms with E-state index in [1.54, 1.807) is 18.2 Å². The standard InChI is InChI=1S/C21H37N5O2/c1-6-26(7-2)17(18-11-10-14-28-18)15-23-20(22-3)24-16-21(12-8-9-13-21)19(27)25(4)5/h10-11,14,17H,6-9,12-13,15-16H2,1-5H3,(H2,22,23,24). The summed E-state index contributed by atoms with van der Waals surface area (Å²) in [5.74, 6) is 1.88. The number of hydrogen-bond acceptors (Lipinski definition) is 4. The Morgan fingerprint density at radius 3 is 2.43 bits per heavy atom. The smallest absolute Gasteiger partial charge is 0.230 e. The molecule has 158 valence electrons. The summed E-state index contributed by atoms with van der Waals surface area (Å²) in [6.07, 6.45) is 5.80. The van der Waals surface area contributed by atoms with Gasteiger partial charge in [-0.1, -0.05) is 26.7 Å². The van der Waals surface area contributed by atoms with E-state index in [1.807, 2.05) is 26.2 Å². The third-order valence-electron chi connectivity index (χ3n) is 5.83. The fraction of sp³-hybridized carbons (Fsp3) is 0.714. The van der Waals surface area contributed by atoms with Crippen molar-refractivity contribution in [2.45, 2.75) is 45.6 Å². The lowest BCUT2D eigenvalue weighted by Crippen LogP contribution is -2.50. The first-order chi connectivity index (χ1) is 13.5. The minimum absolute atomic E-state index is 0.132. The zero-order valence-electron chi connectivity index (χ0n) is 18.1. The van der Waals surface area contributed by atoms with Crippen molar-refractivity contribution < 1.29 is 9.21 Å². The molecule has 0 radical (unpaired) electrons. The van der Waals surface area contributed by atoms with Crippen molar-refractivity contribution in [1.82, 2.24) is 20.4 Å². The lowest BCUT2D eigenvalue weighted by atomic mass is 9.84. The molecule has 1 fully saturated rings. The SMILES string of the molecule is CCN(CC)C(CNC(=NC)NCC1(C(=O)N(C)C)CCCC1)c1ccco1. The molecule has 0 aromatic carbocycles. The van der Waals surface area contributed by atoms with Crippen LogP contribution >= 0.6 is 0 Å². The number of rotatable bonds is 9. The van der Waals surface area contributed by atoms with Gasteiger partial charge < -0.3 is 20.0 Å². The van der Waals surface area contributed by atoms with Crippen LogP contribution in [0.25, 0.3) is 0 Å². The number of likely N-dealkylation sites (N-methyl/N-ethyl adjacent to an activating group) is 1. The van der Waals surface area contributed by atoms with Gasteiger partial charge >= 0.3 is 0 Å². The Morgan fingerprint density at radius 1 is 1.25 bits per heavy atom. The summed E-state index contributed by atoms with van der Waals surface area (Å²) in [6.45, 7) is 7.49. The summed E-state index contributed by atoms with van der Waals surface area (Å²) < 4.78 is 5.67. The second-order valence-electron chi connectivity index (χ2n) is 7.75. The molecule has 2 rings (SSSR count). The van der Waals surface area contributed by atoms with Crippen molar-refractivity contribution >= 4 is 11.9 Å². The Morgan fingerprint density at radius 2 is 1.93 bits per heavy atom. The fourth-order valence-corrected chi connectivity index (χ4v) is 4.21. The molecule has 1 aromatic heterocycles. The van der Waals surface area contributed by atoms with Crippen LogP contribution in [0.4, 0.5) is 0 Å². The highest BCUT2D eigenvalue weighted by Crippen LogP contribution is 2.38. The molecule has 7 heteroatoms. The Bertz CT molecular complexity index is 617. The van der Waals surface area contributed by atoms with Gasteiger partial charge in [0.1, 0.15) is 5.76 Å². The Balaban J connectivity index is 2.00. The number of nitrogens with zero attached hydrogens (tertiary/aromatic N) is 3.